The lowest BCUT2D eigenvalue weighted by molar-refractivity contribution is -0.128. The number of carbonyl (C=O) groups excluding carboxylic acids is 1. The second-order valence-corrected chi connectivity index (χ2v) is 6.70. The minimum atomic E-state index is -0.609. The number of amides is 1. The topological polar surface area (TPSA) is 66.0 Å². The van der Waals surface area contributed by atoms with Gasteiger partial charge in [-0.25, -0.2) is 0 Å². The maximum atomic E-state index is 12.8. The van der Waals surface area contributed by atoms with E-state index < -0.39 is 6.10 Å². The Morgan fingerprint density at radius 1 is 0.867 bits per heavy atom. The number of fused-ring (bicyclic) bond motifs is 1. The van der Waals surface area contributed by atoms with Crippen molar-refractivity contribution in [1.82, 2.24) is 5.32 Å². The maximum absolute atomic E-state index is 12.8. The summed E-state index contributed by atoms with van der Waals surface area (Å²) in [5.41, 5.74) is 0.781. The summed E-state index contributed by atoms with van der Waals surface area (Å²) in [4.78, 5) is 12.8. The third-order valence-electron chi connectivity index (χ3n) is 4.92. The predicted molar refractivity (Wildman–Crippen MR) is 117 cm³/mol. The fourth-order valence-electron chi connectivity index (χ4n) is 3.37. The molecule has 1 amide bonds. The Hall–Kier alpha value is -3.41. The van der Waals surface area contributed by atoms with Crippen molar-refractivity contribution in [3.05, 3.63) is 60.2 Å². The molecule has 6 nitrogen and oxygen atoms in total. The van der Waals surface area contributed by atoms with Gasteiger partial charge in [0, 0.05) is 17.5 Å². The van der Waals surface area contributed by atoms with Gasteiger partial charge in [0.25, 0.3) is 5.91 Å². The van der Waals surface area contributed by atoms with Crippen LogP contribution in [0.2, 0.25) is 0 Å². The van der Waals surface area contributed by atoms with Crippen LogP contribution in [0.3, 0.4) is 0 Å². The number of rotatable bonds is 9. The predicted octanol–water partition coefficient (Wildman–Crippen LogP) is 4.34. The van der Waals surface area contributed by atoms with E-state index in [2.05, 4.69) is 5.32 Å². The van der Waals surface area contributed by atoms with Gasteiger partial charge >= 0.3 is 0 Å². The number of carbonyl (C=O) groups is 1. The van der Waals surface area contributed by atoms with E-state index in [4.69, 9.17) is 18.9 Å². The maximum Gasteiger partial charge on any atom is 0.261 e. The van der Waals surface area contributed by atoms with Crippen LogP contribution in [0.5, 0.6) is 23.0 Å². The molecule has 0 aliphatic rings. The van der Waals surface area contributed by atoms with E-state index in [0.29, 0.717) is 29.4 Å². The van der Waals surface area contributed by atoms with Crippen molar-refractivity contribution in [3.8, 4) is 23.0 Å². The van der Waals surface area contributed by atoms with Crippen molar-refractivity contribution in [3.63, 3.8) is 0 Å². The van der Waals surface area contributed by atoms with Crippen LogP contribution < -0.4 is 24.3 Å². The molecule has 0 spiro atoms. The highest BCUT2D eigenvalue weighted by Crippen LogP contribution is 2.39. The molecule has 0 fully saturated rings. The molecule has 3 aromatic carbocycles. The van der Waals surface area contributed by atoms with Gasteiger partial charge < -0.3 is 24.3 Å². The van der Waals surface area contributed by atoms with E-state index >= 15 is 0 Å². The molecule has 0 unspecified atom stereocenters. The molecule has 6 heteroatoms. The van der Waals surface area contributed by atoms with E-state index in [1.165, 1.54) is 0 Å². The number of ether oxygens (including phenoxy) is 4. The lowest BCUT2D eigenvalue weighted by atomic mass is 10.1. The van der Waals surface area contributed by atoms with Gasteiger partial charge in [0.05, 0.1) is 21.3 Å². The van der Waals surface area contributed by atoms with Crippen molar-refractivity contribution < 1.29 is 23.7 Å². The molecule has 3 rings (SSSR count). The molecular weight excluding hydrogens is 382 g/mol. The fourth-order valence-corrected chi connectivity index (χ4v) is 3.37. The van der Waals surface area contributed by atoms with Crippen LogP contribution in [-0.4, -0.2) is 33.3 Å². The zero-order chi connectivity index (χ0) is 21.5. The third kappa shape index (κ3) is 4.43. The molecule has 0 saturated carbocycles. The zero-order valence-electron chi connectivity index (χ0n) is 17.7. The molecule has 0 bridgehead atoms. The van der Waals surface area contributed by atoms with Gasteiger partial charge in [-0.05, 0) is 30.0 Å². The minimum Gasteiger partial charge on any atom is -0.493 e. The SMILES string of the molecule is CC[C@H](Oc1cccc2ccccc12)C(=O)NCc1ccc(OC)c(OC)c1OC. The average molecular weight is 409 g/mol. The third-order valence-corrected chi connectivity index (χ3v) is 4.92. The molecule has 0 saturated heterocycles. The largest absolute Gasteiger partial charge is 0.493 e. The normalized spacial score (nSPS) is 11.6. The van der Waals surface area contributed by atoms with Gasteiger partial charge in [-0.3, -0.25) is 4.79 Å². The number of methoxy groups -OCH3 is 3. The van der Waals surface area contributed by atoms with E-state index in [9.17, 15) is 4.79 Å². The summed E-state index contributed by atoms with van der Waals surface area (Å²) in [5.74, 6) is 2.09. The van der Waals surface area contributed by atoms with Crippen LogP contribution in [-0.2, 0) is 11.3 Å². The molecular formula is C24H27NO5. The second kappa shape index (κ2) is 9.87. The van der Waals surface area contributed by atoms with Gasteiger partial charge in [-0.2, -0.15) is 0 Å². The van der Waals surface area contributed by atoms with Gasteiger partial charge in [0.2, 0.25) is 5.75 Å². The summed E-state index contributed by atoms with van der Waals surface area (Å²) < 4.78 is 22.3. The van der Waals surface area contributed by atoms with Crippen LogP contribution in [0.1, 0.15) is 18.9 Å². The lowest BCUT2D eigenvalue weighted by Crippen LogP contribution is -2.37. The van der Waals surface area contributed by atoms with Crippen LogP contribution in [0.4, 0.5) is 0 Å². The number of hydrogen-bond acceptors (Lipinski definition) is 5. The highest BCUT2D eigenvalue weighted by Gasteiger charge is 2.21. The molecule has 1 atom stereocenters. The van der Waals surface area contributed by atoms with E-state index in [1.807, 2.05) is 55.5 Å². The molecule has 0 aromatic heterocycles. The molecule has 158 valence electrons. The van der Waals surface area contributed by atoms with Crippen LogP contribution in [0.25, 0.3) is 10.8 Å². The van der Waals surface area contributed by atoms with Crippen LogP contribution in [0, 0.1) is 0 Å². The summed E-state index contributed by atoms with van der Waals surface area (Å²) in [7, 11) is 4.67. The second-order valence-electron chi connectivity index (χ2n) is 6.70. The zero-order valence-corrected chi connectivity index (χ0v) is 17.7. The molecule has 3 aromatic rings. The van der Waals surface area contributed by atoms with Crippen molar-refractivity contribution in [2.45, 2.75) is 26.0 Å². The van der Waals surface area contributed by atoms with Crippen LogP contribution in [0.15, 0.2) is 54.6 Å². The first-order valence-electron chi connectivity index (χ1n) is 9.82. The van der Waals surface area contributed by atoms with Crippen molar-refractivity contribution >= 4 is 16.7 Å². The molecule has 0 aliphatic heterocycles. The standard InChI is InChI=1S/C24H27NO5/c1-5-19(30-20-12-8-10-16-9-6-7-11-18(16)20)24(26)25-15-17-13-14-21(27-2)23(29-4)22(17)28-3/h6-14,19H,5,15H2,1-4H3,(H,25,26)/t19-/m0/s1. The molecule has 0 radical (unpaired) electrons. The quantitative estimate of drug-likeness (QED) is 0.570. The van der Waals surface area contributed by atoms with Gasteiger partial charge in [-0.15, -0.1) is 0 Å². The molecule has 0 aliphatic carbocycles. The summed E-state index contributed by atoms with van der Waals surface area (Å²) in [5, 5.41) is 4.99. The molecule has 30 heavy (non-hydrogen) atoms. The lowest BCUT2D eigenvalue weighted by Gasteiger charge is -2.20. The first-order chi connectivity index (χ1) is 14.6. The molecule has 0 heterocycles. The Kier molecular flexibility index (Phi) is 7.01. The Balaban J connectivity index is 1.75. The van der Waals surface area contributed by atoms with Crippen molar-refractivity contribution in [2.24, 2.45) is 0 Å². The van der Waals surface area contributed by atoms with Gasteiger partial charge in [0.15, 0.2) is 17.6 Å². The Morgan fingerprint density at radius 2 is 1.60 bits per heavy atom. The Bertz CT molecular complexity index is 1010. The average Bonchev–Trinajstić information content (AvgIpc) is 2.80. The van der Waals surface area contributed by atoms with Crippen LogP contribution >= 0.6 is 0 Å². The number of benzene rings is 3. The first kappa shape index (κ1) is 21.3. The van der Waals surface area contributed by atoms with Crippen molar-refractivity contribution in [2.75, 3.05) is 21.3 Å². The summed E-state index contributed by atoms with van der Waals surface area (Å²) in [6, 6.07) is 17.4. The number of hydrogen-bond donors (Lipinski definition) is 1. The van der Waals surface area contributed by atoms with E-state index in [1.54, 1.807) is 27.4 Å². The van der Waals surface area contributed by atoms with E-state index in [0.717, 1.165) is 16.3 Å². The summed E-state index contributed by atoms with van der Waals surface area (Å²) in [6.07, 6.45) is -0.0695. The fraction of sp³-hybridized carbons (Fsp3) is 0.292. The van der Waals surface area contributed by atoms with Crippen molar-refractivity contribution in [1.29, 1.82) is 0 Å². The highest BCUT2D eigenvalue weighted by molar-refractivity contribution is 5.89. The monoisotopic (exact) mass is 409 g/mol. The number of nitrogens with one attached hydrogen (secondary N) is 1. The first-order valence-corrected chi connectivity index (χ1v) is 9.82. The van der Waals surface area contributed by atoms with Gasteiger partial charge in [0.1, 0.15) is 5.75 Å². The van der Waals surface area contributed by atoms with Gasteiger partial charge in [-0.1, -0.05) is 43.3 Å². The minimum absolute atomic E-state index is 0.192. The Morgan fingerprint density at radius 3 is 2.30 bits per heavy atom. The van der Waals surface area contributed by atoms with E-state index in [-0.39, 0.29) is 12.5 Å². The smallest absolute Gasteiger partial charge is 0.261 e. The summed E-state index contributed by atoms with van der Waals surface area (Å²) in [6.45, 7) is 2.20. The Labute approximate surface area is 176 Å². The molecule has 1 N–H and O–H groups in total. The summed E-state index contributed by atoms with van der Waals surface area (Å²) >= 11 is 0. The highest BCUT2D eigenvalue weighted by atomic mass is 16.5.